The van der Waals surface area contributed by atoms with Crippen molar-refractivity contribution in [1.29, 1.82) is 0 Å². The van der Waals surface area contributed by atoms with Crippen LogP contribution in [-0.2, 0) is 27.4 Å². The molecule has 3 aromatic rings. The number of carbonyl (C=O) groups excluding carboxylic acids is 3. The number of nitrogens with one attached hydrogen (secondary N) is 3. The Labute approximate surface area is 330 Å². The van der Waals surface area contributed by atoms with Crippen LogP contribution in [0.2, 0.25) is 0 Å². The molecule has 0 aromatic heterocycles. The van der Waals surface area contributed by atoms with Gasteiger partial charge >= 0.3 is 0 Å². The predicted molar refractivity (Wildman–Crippen MR) is 216 cm³/mol. The Hall–Kier alpha value is -4.49. The van der Waals surface area contributed by atoms with E-state index in [0.717, 1.165) is 17.7 Å². The first-order valence-electron chi connectivity index (χ1n) is 19.8. The smallest absolute Gasteiger partial charge is 0.252 e. The van der Waals surface area contributed by atoms with Gasteiger partial charge in [0.15, 0.2) is 0 Å². The third-order valence-electron chi connectivity index (χ3n) is 12.8. The molecule has 3 saturated carbocycles. The van der Waals surface area contributed by atoms with Crippen LogP contribution < -0.4 is 25.6 Å². The highest BCUT2D eigenvalue weighted by Gasteiger charge is 2.57. The van der Waals surface area contributed by atoms with Gasteiger partial charge in [-0.15, -0.1) is 0 Å². The minimum absolute atomic E-state index is 0.0159. The first-order valence-corrected chi connectivity index (χ1v) is 19.8. The Morgan fingerprint density at radius 3 is 2.39 bits per heavy atom. The molecule has 0 radical (unpaired) electrons. The number of anilines is 1. The van der Waals surface area contributed by atoms with Gasteiger partial charge in [0.1, 0.15) is 23.9 Å². The number of methoxy groups -OCH3 is 1. The second-order valence-electron chi connectivity index (χ2n) is 16.7. The third-order valence-corrected chi connectivity index (χ3v) is 12.8. The quantitative estimate of drug-likeness (QED) is 0.163. The number of fused-ring (bicyclic) bond motifs is 2. The van der Waals surface area contributed by atoms with Crippen LogP contribution in [0.25, 0.3) is 11.1 Å². The number of likely N-dealkylation sites (N-methyl/N-ethyl adjacent to an activating group) is 1. The van der Waals surface area contributed by atoms with Crippen molar-refractivity contribution in [1.82, 2.24) is 21.0 Å². The lowest BCUT2D eigenvalue weighted by Gasteiger charge is -2.62. The Bertz CT molecular complexity index is 1880. The fourth-order valence-electron chi connectivity index (χ4n) is 9.46. The van der Waals surface area contributed by atoms with E-state index in [-0.39, 0.29) is 36.4 Å². The SMILES string of the molecule is CNC(=O)[C@H](Cc1ccccc1)NC(=O)c1cc(-c2cccc(CN3O[C@@H](CO)[C@@H]([C@H](C)O)[C@H]3C(=O)N[C@@H]3C[C@H]4C[C@@H]([C@@H]3C)C4(C)C)c2OC)cc(N(C)C)c1. The maximum atomic E-state index is 14.3. The minimum Gasteiger partial charge on any atom is -0.496 e. The molecule has 1 aliphatic heterocycles. The molecule has 2 bridgehead atoms. The number of nitrogens with zero attached hydrogens (tertiary/aromatic N) is 2. The number of aliphatic hydroxyl groups is 2. The van der Waals surface area contributed by atoms with Gasteiger partial charge < -0.3 is 35.8 Å². The molecular formula is C44H59N5O7. The second kappa shape index (κ2) is 16.9. The van der Waals surface area contributed by atoms with E-state index in [2.05, 4.69) is 36.7 Å². The minimum atomic E-state index is -0.925. The molecule has 5 N–H and O–H groups in total. The van der Waals surface area contributed by atoms with Gasteiger partial charge in [-0.25, -0.2) is 0 Å². The molecule has 3 aliphatic carbocycles. The van der Waals surface area contributed by atoms with E-state index in [1.165, 1.54) is 6.42 Å². The first kappa shape index (κ1) is 41.2. The van der Waals surface area contributed by atoms with Crippen molar-refractivity contribution in [2.45, 2.75) is 83.8 Å². The van der Waals surface area contributed by atoms with E-state index in [1.54, 1.807) is 38.3 Å². The van der Waals surface area contributed by atoms with Gasteiger partial charge in [0, 0.05) is 61.9 Å². The van der Waals surface area contributed by atoms with Crippen molar-refractivity contribution in [3.8, 4) is 16.9 Å². The Morgan fingerprint density at radius 1 is 1.05 bits per heavy atom. The highest BCUT2D eigenvalue weighted by Crippen LogP contribution is 2.61. The molecule has 1 heterocycles. The monoisotopic (exact) mass is 769 g/mol. The largest absolute Gasteiger partial charge is 0.496 e. The summed E-state index contributed by atoms with van der Waals surface area (Å²) in [6, 6.07) is 19.1. The van der Waals surface area contributed by atoms with Crippen LogP contribution >= 0.6 is 0 Å². The first-order chi connectivity index (χ1) is 26.7. The van der Waals surface area contributed by atoms with Crippen LogP contribution in [0.1, 0.15) is 62.0 Å². The van der Waals surface area contributed by atoms with Gasteiger partial charge in [-0.05, 0) is 72.3 Å². The van der Waals surface area contributed by atoms with Crippen LogP contribution in [0.4, 0.5) is 5.69 Å². The van der Waals surface area contributed by atoms with Crippen LogP contribution in [0, 0.1) is 29.1 Å². The van der Waals surface area contributed by atoms with E-state index in [9.17, 15) is 24.6 Å². The lowest BCUT2D eigenvalue weighted by molar-refractivity contribution is -0.183. The van der Waals surface area contributed by atoms with Crippen molar-refractivity contribution in [3.05, 3.63) is 83.4 Å². The van der Waals surface area contributed by atoms with Gasteiger partial charge in [0.25, 0.3) is 5.91 Å². The highest BCUT2D eigenvalue weighted by atomic mass is 16.7. The Kier molecular flexibility index (Phi) is 12.4. The Balaban J connectivity index is 1.29. The summed E-state index contributed by atoms with van der Waals surface area (Å²) in [5.74, 6) is 0.331. The zero-order chi connectivity index (χ0) is 40.5. The summed E-state index contributed by atoms with van der Waals surface area (Å²) in [5, 5.41) is 31.8. The summed E-state index contributed by atoms with van der Waals surface area (Å²) in [7, 11) is 6.90. The number of hydroxylamine groups is 2. The molecule has 1 saturated heterocycles. The maximum Gasteiger partial charge on any atom is 0.252 e. The maximum absolute atomic E-state index is 14.3. The fourth-order valence-corrected chi connectivity index (χ4v) is 9.46. The zero-order valence-corrected chi connectivity index (χ0v) is 33.9. The molecule has 7 rings (SSSR count). The van der Waals surface area contributed by atoms with Crippen LogP contribution in [-0.4, -0.2) is 98.2 Å². The predicted octanol–water partition coefficient (Wildman–Crippen LogP) is 4.18. The van der Waals surface area contributed by atoms with Gasteiger partial charge in [0.2, 0.25) is 11.8 Å². The number of rotatable bonds is 14. The van der Waals surface area contributed by atoms with Gasteiger partial charge in [0.05, 0.1) is 26.4 Å². The highest BCUT2D eigenvalue weighted by molar-refractivity contribution is 5.99. The normalized spacial score (nSPS) is 26.4. The summed E-state index contributed by atoms with van der Waals surface area (Å²) in [6.07, 6.45) is 0.716. The standard InChI is InChI=1S/C44H59N5O7/c1-25-34-21-31(44(34,3)4)22-35(25)46-43(54)39-38(26(2)51)37(24-50)56-49(39)23-28-15-12-16-33(40(28)55-8)29-18-30(20-32(19-29)48(6)7)41(52)47-36(42(53)45-5)17-27-13-10-9-11-14-27/h9-16,18-20,25-26,31,34-39,50-51H,17,21-24H2,1-8H3,(H,45,53)(H,46,54)(H,47,52)/t25-,26-,31+,34-,35+,36-,37-,38+,39-/m0/s1. The van der Waals surface area contributed by atoms with Gasteiger partial charge in [-0.2, -0.15) is 5.06 Å². The average Bonchev–Trinajstić information content (AvgIpc) is 3.56. The van der Waals surface area contributed by atoms with Crippen molar-refractivity contribution in [3.63, 3.8) is 0 Å². The molecule has 0 unspecified atom stereocenters. The summed E-state index contributed by atoms with van der Waals surface area (Å²) in [5.41, 5.74) is 4.44. The topological polar surface area (TPSA) is 153 Å². The number of benzene rings is 3. The lowest BCUT2D eigenvalue weighted by Crippen LogP contribution is -2.62. The van der Waals surface area contributed by atoms with Crippen LogP contribution in [0.3, 0.4) is 0 Å². The Morgan fingerprint density at radius 2 is 1.79 bits per heavy atom. The number of para-hydroxylation sites is 1. The lowest BCUT2D eigenvalue weighted by atomic mass is 9.45. The third kappa shape index (κ3) is 8.16. The molecule has 4 aliphatic rings. The summed E-state index contributed by atoms with van der Waals surface area (Å²) in [6.45, 7) is 8.27. The molecule has 3 aromatic carbocycles. The van der Waals surface area contributed by atoms with Crippen molar-refractivity contribution in [2.24, 2.45) is 29.1 Å². The number of hydrogen-bond acceptors (Lipinski definition) is 9. The molecule has 12 nitrogen and oxygen atoms in total. The van der Waals surface area contributed by atoms with E-state index in [1.807, 2.05) is 73.6 Å². The molecule has 12 heteroatoms. The van der Waals surface area contributed by atoms with Crippen LogP contribution in [0.5, 0.6) is 5.75 Å². The number of hydrogen-bond donors (Lipinski definition) is 5. The molecular weight excluding hydrogens is 711 g/mol. The molecule has 0 spiro atoms. The van der Waals surface area contributed by atoms with Crippen LogP contribution in [0.15, 0.2) is 66.7 Å². The van der Waals surface area contributed by atoms with E-state index in [0.29, 0.717) is 52.2 Å². The average molecular weight is 770 g/mol. The number of ether oxygens (including phenoxy) is 1. The second-order valence-corrected chi connectivity index (χ2v) is 16.7. The molecule has 4 fully saturated rings. The van der Waals surface area contributed by atoms with E-state index >= 15 is 0 Å². The molecule has 3 amide bonds. The fraction of sp³-hybridized carbons (Fsp3) is 0.523. The molecule has 9 atom stereocenters. The van der Waals surface area contributed by atoms with E-state index in [4.69, 9.17) is 9.57 Å². The van der Waals surface area contributed by atoms with Crippen molar-refractivity contribution in [2.75, 3.05) is 39.8 Å². The van der Waals surface area contributed by atoms with E-state index < -0.39 is 36.1 Å². The summed E-state index contributed by atoms with van der Waals surface area (Å²) in [4.78, 5) is 49.3. The summed E-state index contributed by atoms with van der Waals surface area (Å²) < 4.78 is 6.07. The number of aliphatic hydroxyl groups excluding tert-OH is 2. The van der Waals surface area contributed by atoms with Gasteiger partial charge in [-0.3, -0.25) is 19.2 Å². The van der Waals surface area contributed by atoms with Gasteiger partial charge in [-0.1, -0.05) is 69.3 Å². The summed E-state index contributed by atoms with van der Waals surface area (Å²) >= 11 is 0. The van der Waals surface area contributed by atoms with Crippen molar-refractivity contribution >= 4 is 23.4 Å². The number of amides is 3. The number of carbonyl (C=O) groups is 3. The zero-order valence-electron chi connectivity index (χ0n) is 33.9. The van der Waals surface area contributed by atoms with Crippen molar-refractivity contribution < 1.29 is 34.2 Å². The molecule has 302 valence electrons. The molecule has 56 heavy (non-hydrogen) atoms.